The molecule has 1 fully saturated rings. The smallest absolute Gasteiger partial charge is 0.244 e. The summed E-state index contributed by atoms with van der Waals surface area (Å²) in [7, 11) is 0. The zero-order chi connectivity index (χ0) is 22.6. The maximum absolute atomic E-state index is 12.3. The predicted molar refractivity (Wildman–Crippen MR) is 128 cm³/mol. The lowest BCUT2D eigenvalue weighted by molar-refractivity contribution is -0.116. The molecule has 2 aliphatic rings. The number of benzene rings is 1. The monoisotopic (exact) mass is 466 g/mol. The molecule has 1 saturated heterocycles. The maximum Gasteiger partial charge on any atom is 0.244 e. The van der Waals surface area contributed by atoms with E-state index in [0.717, 1.165) is 52.2 Å². The van der Waals surface area contributed by atoms with Crippen LogP contribution in [0.15, 0.2) is 35.6 Å². The summed E-state index contributed by atoms with van der Waals surface area (Å²) in [5, 5.41) is 9.18. The molecule has 0 radical (unpaired) electrons. The minimum Gasteiger partial charge on any atom is -0.454 e. The van der Waals surface area contributed by atoms with Gasteiger partial charge < -0.3 is 19.7 Å². The third-order valence-electron chi connectivity index (χ3n) is 5.58. The number of nitrogens with one attached hydrogen (secondary N) is 1. The maximum atomic E-state index is 12.3. The summed E-state index contributed by atoms with van der Waals surface area (Å²) in [5.41, 5.74) is 1.69. The number of anilines is 1. The van der Waals surface area contributed by atoms with Crippen molar-refractivity contribution in [2.24, 2.45) is 0 Å². The third kappa shape index (κ3) is 4.75. The first kappa shape index (κ1) is 21.6. The van der Waals surface area contributed by atoms with Crippen molar-refractivity contribution in [1.29, 1.82) is 0 Å². The second-order valence-corrected chi connectivity index (χ2v) is 9.03. The summed E-state index contributed by atoms with van der Waals surface area (Å²) in [6, 6.07) is 5.58. The average molecular weight is 467 g/mol. The summed E-state index contributed by atoms with van der Waals surface area (Å²) in [4.78, 5) is 24.1. The van der Waals surface area contributed by atoms with Crippen LogP contribution >= 0.6 is 11.8 Å². The highest BCUT2D eigenvalue weighted by Crippen LogP contribution is 2.33. The van der Waals surface area contributed by atoms with Crippen LogP contribution in [-0.2, 0) is 11.3 Å². The van der Waals surface area contributed by atoms with Gasteiger partial charge in [0.15, 0.2) is 22.3 Å². The second kappa shape index (κ2) is 9.70. The largest absolute Gasteiger partial charge is 0.454 e. The molecule has 0 aliphatic carbocycles. The average Bonchev–Trinajstić information content (AvgIpc) is 3.58. The highest BCUT2D eigenvalue weighted by Gasteiger charge is 2.20. The SMILES string of the molecule is CCSc1nc(N2CCCC2)c2cnn(CCNC(=O)/C=C\c3ccc4c(c3)OCO4)c2n1. The first-order valence-corrected chi connectivity index (χ1v) is 12.2. The summed E-state index contributed by atoms with van der Waals surface area (Å²) in [5.74, 6) is 3.12. The molecule has 172 valence electrons. The van der Waals surface area contributed by atoms with Gasteiger partial charge in [-0.3, -0.25) is 4.79 Å². The molecule has 10 heteroatoms. The van der Waals surface area contributed by atoms with Crippen LogP contribution in [0.5, 0.6) is 11.5 Å². The fraction of sp³-hybridized carbons (Fsp3) is 0.391. The van der Waals surface area contributed by atoms with E-state index in [4.69, 9.17) is 19.4 Å². The Morgan fingerprint density at radius 3 is 2.91 bits per heavy atom. The molecule has 33 heavy (non-hydrogen) atoms. The molecule has 4 heterocycles. The zero-order valence-corrected chi connectivity index (χ0v) is 19.3. The summed E-state index contributed by atoms with van der Waals surface area (Å²) in [6.07, 6.45) is 7.47. The van der Waals surface area contributed by atoms with Gasteiger partial charge in [-0.25, -0.2) is 14.6 Å². The molecule has 2 aliphatic heterocycles. The lowest BCUT2D eigenvalue weighted by atomic mass is 10.2. The number of ether oxygens (including phenoxy) is 2. The van der Waals surface area contributed by atoms with E-state index in [1.165, 1.54) is 18.9 Å². The first-order chi connectivity index (χ1) is 16.2. The van der Waals surface area contributed by atoms with E-state index in [1.54, 1.807) is 17.8 Å². The number of aromatic nitrogens is 4. The van der Waals surface area contributed by atoms with Crippen molar-refractivity contribution in [2.45, 2.75) is 31.5 Å². The third-order valence-corrected chi connectivity index (χ3v) is 6.31. The molecule has 5 rings (SSSR count). The minimum atomic E-state index is -0.168. The van der Waals surface area contributed by atoms with E-state index in [2.05, 4.69) is 22.2 Å². The molecule has 1 N–H and O–H groups in total. The second-order valence-electron chi connectivity index (χ2n) is 7.80. The minimum absolute atomic E-state index is 0.168. The number of rotatable bonds is 8. The summed E-state index contributed by atoms with van der Waals surface area (Å²) in [6.45, 7) is 5.32. The normalized spacial score (nSPS) is 15.1. The molecule has 1 amide bonds. The number of nitrogens with zero attached hydrogens (tertiary/aromatic N) is 5. The Morgan fingerprint density at radius 2 is 2.06 bits per heavy atom. The van der Waals surface area contributed by atoms with Crippen LogP contribution in [0.25, 0.3) is 17.1 Å². The van der Waals surface area contributed by atoms with Crippen molar-refractivity contribution in [1.82, 2.24) is 25.1 Å². The van der Waals surface area contributed by atoms with Crippen LogP contribution in [-0.4, -0.2) is 57.8 Å². The number of fused-ring (bicyclic) bond motifs is 2. The van der Waals surface area contributed by atoms with E-state index in [-0.39, 0.29) is 12.7 Å². The van der Waals surface area contributed by atoms with Gasteiger partial charge in [-0.15, -0.1) is 0 Å². The molecule has 2 aromatic heterocycles. The number of carbonyl (C=O) groups excluding carboxylic acids is 1. The molecule has 0 bridgehead atoms. The van der Waals surface area contributed by atoms with Crippen LogP contribution in [0, 0.1) is 0 Å². The first-order valence-electron chi connectivity index (χ1n) is 11.2. The predicted octanol–water partition coefficient (Wildman–Crippen LogP) is 3.10. The summed E-state index contributed by atoms with van der Waals surface area (Å²) >= 11 is 1.63. The number of carbonyl (C=O) groups is 1. The van der Waals surface area contributed by atoms with Crippen LogP contribution in [0.4, 0.5) is 5.82 Å². The van der Waals surface area contributed by atoms with Crippen molar-refractivity contribution in [2.75, 3.05) is 37.1 Å². The van der Waals surface area contributed by atoms with Crippen LogP contribution in [0.3, 0.4) is 0 Å². The van der Waals surface area contributed by atoms with E-state index in [1.807, 2.05) is 29.1 Å². The quantitative estimate of drug-likeness (QED) is 0.308. The van der Waals surface area contributed by atoms with Crippen LogP contribution in [0.1, 0.15) is 25.3 Å². The number of hydrogen-bond donors (Lipinski definition) is 1. The van der Waals surface area contributed by atoms with E-state index in [9.17, 15) is 4.79 Å². The molecule has 0 unspecified atom stereocenters. The Labute approximate surface area is 196 Å². The Bertz CT molecular complexity index is 1190. The fourth-order valence-electron chi connectivity index (χ4n) is 3.98. The zero-order valence-electron chi connectivity index (χ0n) is 18.5. The molecule has 1 aromatic carbocycles. The molecule has 0 spiro atoms. The van der Waals surface area contributed by atoms with Gasteiger partial charge in [0.2, 0.25) is 12.7 Å². The number of thioether (sulfide) groups is 1. The highest BCUT2D eigenvalue weighted by molar-refractivity contribution is 7.99. The molecular weight excluding hydrogens is 440 g/mol. The highest BCUT2D eigenvalue weighted by atomic mass is 32.2. The molecule has 9 nitrogen and oxygen atoms in total. The van der Waals surface area contributed by atoms with Crippen LogP contribution in [0.2, 0.25) is 0 Å². The Balaban J connectivity index is 1.24. The van der Waals surface area contributed by atoms with Crippen molar-refractivity contribution >= 4 is 40.6 Å². The van der Waals surface area contributed by atoms with E-state index < -0.39 is 0 Å². The van der Waals surface area contributed by atoms with Crippen LogP contribution < -0.4 is 19.7 Å². The fourth-order valence-corrected chi connectivity index (χ4v) is 4.54. The molecular formula is C23H26N6O3S. The van der Waals surface area contributed by atoms with E-state index in [0.29, 0.717) is 18.8 Å². The standard InChI is InChI=1S/C23H26N6O3S/c1-2-33-23-26-21(28-10-3-4-11-28)17-14-25-29(22(17)27-23)12-9-24-20(30)8-6-16-5-7-18-19(13-16)32-15-31-18/h5-8,13-14H,2-4,9-12,15H2,1H3,(H,24,30)/b8-6-. The van der Waals surface area contributed by atoms with Gasteiger partial charge in [-0.1, -0.05) is 24.8 Å². The topological polar surface area (TPSA) is 94.4 Å². The Hall–Kier alpha value is -3.27. The Morgan fingerprint density at radius 1 is 1.21 bits per heavy atom. The molecule has 0 atom stereocenters. The van der Waals surface area contributed by atoms with Crippen molar-refractivity contribution in [3.8, 4) is 11.5 Å². The van der Waals surface area contributed by atoms with Crippen molar-refractivity contribution in [3.05, 3.63) is 36.0 Å². The van der Waals surface area contributed by atoms with Crippen molar-refractivity contribution < 1.29 is 14.3 Å². The van der Waals surface area contributed by atoms with Gasteiger partial charge in [-0.2, -0.15) is 5.10 Å². The van der Waals surface area contributed by atoms with Gasteiger partial charge in [-0.05, 0) is 42.4 Å². The van der Waals surface area contributed by atoms with Gasteiger partial charge in [0.25, 0.3) is 0 Å². The lowest BCUT2D eigenvalue weighted by Gasteiger charge is -2.17. The van der Waals surface area contributed by atoms with E-state index >= 15 is 0 Å². The van der Waals surface area contributed by atoms with Gasteiger partial charge in [0.05, 0.1) is 18.1 Å². The van der Waals surface area contributed by atoms with Gasteiger partial charge >= 0.3 is 0 Å². The number of amides is 1. The lowest BCUT2D eigenvalue weighted by Crippen LogP contribution is -2.26. The molecule has 0 saturated carbocycles. The van der Waals surface area contributed by atoms with Gasteiger partial charge in [0.1, 0.15) is 5.82 Å². The van der Waals surface area contributed by atoms with Gasteiger partial charge in [0, 0.05) is 25.7 Å². The Kier molecular flexibility index (Phi) is 6.34. The summed E-state index contributed by atoms with van der Waals surface area (Å²) < 4.78 is 12.5. The van der Waals surface area contributed by atoms with Crippen molar-refractivity contribution in [3.63, 3.8) is 0 Å². The number of hydrogen-bond acceptors (Lipinski definition) is 8. The molecule has 3 aromatic rings.